The van der Waals surface area contributed by atoms with Crippen molar-refractivity contribution < 1.29 is 12.8 Å². The molecule has 0 spiro atoms. The lowest BCUT2D eigenvalue weighted by molar-refractivity contribution is 0.521. The Bertz CT molecular complexity index is 1260. The van der Waals surface area contributed by atoms with Crippen LogP contribution in [0.4, 0.5) is 17.5 Å². The molecule has 0 aliphatic rings. The summed E-state index contributed by atoms with van der Waals surface area (Å²) in [5.74, 6) is 2.30. The number of rotatable bonds is 9. The predicted molar refractivity (Wildman–Crippen MR) is 120 cm³/mol. The number of nitrogens with zero attached hydrogens (tertiary/aromatic N) is 4. The average molecular weight is 452 g/mol. The van der Waals surface area contributed by atoms with Gasteiger partial charge in [-0.05, 0) is 36.4 Å². The van der Waals surface area contributed by atoms with Crippen molar-refractivity contribution in [1.82, 2.24) is 24.9 Å². The highest BCUT2D eigenvalue weighted by atomic mass is 32.2. The number of hydrogen-bond acceptors (Lipinski definition) is 9. The Morgan fingerprint density at radius 1 is 0.906 bits per heavy atom. The predicted octanol–water partition coefficient (Wildman–Crippen LogP) is 2.97. The number of hydrogen-bond donors (Lipinski definition) is 3. The second kappa shape index (κ2) is 9.54. The maximum Gasteiger partial charge on any atom is 0.240 e. The molecule has 0 aliphatic heterocycles. The third kappa shape index (κ3) is 5.45. The summed E-state index contributed by atoms with van der Waals surface area (Å²) in [4.78, 5) is 8.56. The number of nitrogens with one attached hydrogen (secondary N) is 3. The van der Waals surface area contributed by atoms with E-state index < -0.39 is 10.0 Å². The lowest BCUT2D eigenvalue weighted by Crippen LogP contribution is -2.29. The van der Waals surface area contributed by atoms with E-state index in [0.29, 0.717) is 35.6 Å². The molecule has 0 radical (unpaired) electrons. The SMILES string of the molecule is Cc1nc(-c2ccc(S(=O)(=O)NCCNc3ccc(Nc4ccccn4)nn3)cc2)co1. The molecule has 11 heteroatoms. The standard InChI is InChI=1S/C21H21N7O3S/c1-15-25-18(14-31-15)16-5-7-17(8-6-16)32(29,30)24-13-12-23-20-9-10-21(28-27-20)26-19-4-2-3-11-22-19/h2-11,14,24H,12-13H2,1H3,(H,23,27)(H,22,26,28). The first-order chi connectivity index (χ1) is 15.5. The van der Waals surface area contributed by atoms with Gasteiger partial charge in [-0.25, -0.2) is 23.1 Å². The summed E-state index contributed by atoms with van der Waals surface area (Å²) in [6, 6.07) is 15.5. The second-order valence-electron chi connectivity index (χ2n) is 6.74. The van der Waals surface area contributed by atoms with Crippen LogP contribution in [-0.2, 0) is 10.0 Å². The summed E-state index contributed by atoms with van der Waals surface area (Å²) >= 11 is 0. The normalized spacial score (nSPS) is 11.3. The summed E-state index contributed by atoms with van der Waals surface area (Å²) in [7, 11) is -3.64. The van der Waals surface area contributed by atoms with E-state index in [0.717, 1.165) is 5.56 Å². The minimum atomic E-state index is -3.64. The van der Waals surface area contributed by atoms with Gasteiger partial charge in [0.25, 0.3) is 0 Å². The van der Waals surface area contributed by atoms with Gasteiger partial charge in [-0.2, -0.15) is 0 Å². The molecule has 4 aromatic rings. The Balaban J connectivity index is 1.26. The first-order valence-corrected chi connectivity index (χ1v) is 11.3. The molecule has 3 aromatic heterocycles. The number of sulfonamides is 1. The van der Waals surface area contributed by atoms with Crippen LogP contribution in [0.2, 0.25) is 0 Å². The van der Waals surface area contributed by atoms with E-state index in [2.05, 4.69) is 35.5 Å². The molecule has 0 aliphatic carbocycles. The highest BCUT2D eigenvalue weighted by molar-refractivity contribution is 7.89. The smallest absolute Gasteiger partial charge is 0.240 e. The lowest BCUT2D eigenvalue weighted by Gasteiger charge is -2.09. The molecular formula is C21H21N7O3S. The van der Waals surface area contributed by atoms with Crippen molar-refractivity contribution in [2.45, 2.75) is 11.8 Å². The topological polar surface area (TPSA) is 135 Å². The van der Waals surface area contributed by atoms with Gasteiger partial charge in [0.05, 0.1) is 4.90 Å². The van der Waals surface area contributed by atoms with Crippen LogP contribution >= 0.6 is 0 Å². The Labute approximate surface area is 185 Å². The molecule has 0 saturated heterocycles. The highest BCUT2D eigenvalue weighted by Gasteiger charge is 2.14. The Kier molecular flexibility index (Phi) is 6.38. The molecule has 0 fully saturated rings. The van der Waals surface area contributed by atoms with E-state index in [9.17, 15) is 8.42 Å². The zero-order valence-corrected chi connectivity index (χ0v) is 18.0. The summed E-state index contributed by atoms with van der Waals surface area (Å²) in [5.41, 5.74) is 1.44. The van der Waals surface area contributed by atoms with Crippen molar-refractivity contribution in [3.63, 3.8) is 0 Å². The van der Waals surface area contributed by atoms with E-state index in [1.54, 1.807) is 37.4 Å². The summed E-state index contributed by atoms with van der Waals surface area (Å²) < 4.78 is 32.7. The average Bonchev–Trinajstić information content (AvgIpc) is 3.25. The summed E-state index contributed by atoms with van der Waals surface area (Å²) in [6.45, 7) is 2.28. The highest BCUT2D eigenvalue weighted by Crippen LogP contribution is 2.20. The third-order valence-electron chi connectivity index (χ3n) is 4.39. The summed E-state index contributed by atoms with van der Waals surface area (Å²) in [5, 5.41) is 14.2. The van der Waals surface area contributed by atoms with E-state index in [1.165, 1.54) is 18.4 Å². The van der Waals surface area contributed by atoms with E-state index in [-0.39, 0.29) is 11.4 Å². The number of oxazole rings is 1. The zero-order valence-electron chi connectivity index (χ0n) is 17.2. The van der Waals surface area contributed by atoms with Crippen molar-refractivity contribution in [3.05, 3.63) is 72.9 Å². The Morgan fingerprint density at radius 3 is 2.34 bits per heavy atom. The van der Waals surface area contributed by atoms with Crippen LogP contribution in [0.3, 0.4) is 0 Å². The van der Waals surface area contributed by atoms with E-state index in [1.807, 2.05) is 18.2 Å². The number of pyridine rings is 1. The molecule has 10 nitrogen and oxygen atoms in total. The first-order valence-electron chi connectivity index (χ1n) is 9.77. The van der Waals surface area contributed by atoms with Crippen LogP contribution in [0, 0.1) is 6.92 Å². The van der Waals surface area contributed by atoms with Crippen molar-refractivity contribution in [1.29, 1.82) is 0 Å². The Morgan fingerprint density at radius 2 is 1.69 bits per heavy atom. The van der Waals surface area contributed by atoms with Crippen molar-refractivity contribution in [2.24, 2.45) is 0 Å². The fourth-order valence-corrected chi connectivity index (χ4v) is 3.85. The fourth-order valence-electron chi connectivity index (χ4n) is 2.82. The molecule has 3 heterocycles. The van der Waals surface area contributed by atoms with Crippen LogP contribution in [-0.4, -0.2) is 41.7 Å². The van der Waals surface area contributed by atoms with Gasteiger partial charge in [0, 0.05) is 31.8 Å². The van der Waals surface area contributed by atoms with Gasteiger partial charge in [-0.1, -0.05) is 18.2 Å². The molecule has 3 N–H and O–H groups in total. The molecule has 0 atom stereocenters. The maximum atomic E-state index is 12.5. The minimum Gasteiger partial charge on any atom is -0.449 e. The summed E-state index contributed by atoms with van der Waals surface area (Å²) in [6.07, 6.45) is 3.21. The molecule has 0 amide bonds. The van der Waals surface area contributed by atoms with Crippen molar-refractivity contribution in [3.8, 4) is 11.3 Å². The Hall–Kier alpha value is -3.83. The first kappa shape index (κ1) is 21.4. The number of aryl methyl sites for hydroxylation is 1. The quantitative estimate of drug-likeness (QED) is 0.328. The molecule has 0 saturated carbocycles. The molecule has 0 unspecified atom stereocenters. The van der Waals surface area contributed by atoms with Crippen LogP contribution in [0.25, 0.3) is 11.3 Å². The largest absolute Gasteiger partial charge is 0.449 e. The zero-order chi connectivity index (χ0) is 22.4. The van der Waals surface area contributed by atoms with E-state index >= 15 is 0 Å². The van der Waals surface area contributed by atoms with Crippen molar-refractivity contribution >= 4 is 27.5 Å². The molecule has 1 aromatic carbocycles. The van der Waals surface area contributed by atoms with E-state index in [4.69, 9.17) is 4.42 Å². The maximum absolute atomic E-state index is 12.5. The molecular weight excluding hydrogens is 430 g/mol. The number of benzene rings is 1. The molecule has 164 valence electrons. The molecule has 4 rings (SSSR count). The monoisotopic (exact) mass is 451 g/mol. The van der Waals surface area contributed by atoms with Crippen LogP contribution in [0.1, 0.15) is 5.89 Å². The second-order valence-corrected chi connectivity index (χ2v) is 8.51. The lowest BCUT2D eigenvalue weighted by atomic mass is 10.2. The van der Waals surface area contributed by atoms with Gasteiger partial charge < -0.3 is 15.1 Å². The minimum absolute atomic E-state index is 0.172. The van der Waals surface area contributed by atoms with Crippen molar-refractivity contribution in [2.75, 3.05) is 23.7 Å². The van der Waals surface area contributed by atoms with Gasteiger partial charge in [0.1, 0.15) is 23.6 Å². The fraction of sp³-hybridized carbons (Fsp3) is 0.143. The van der Waals surface area contributed by atoms with Crippen LogP contribution in [0.5, 0.6) is 0 Å². The molecule has 32 heavy (non-hydrogen) atoms. The van der Waals surface area contributed by atoms with Gasteiger partial charge in [0.15, 0.2) is 11.7 Å². The third-order valence-corrected chi connectivity index (χ3v) is 5.87. The van der Waals surface area contributed by atoms with Crippen LogP contribution in [0.15, 0.2) is 76.4 Å². The number of anilines is 3. The van der Waals surface area contributed by atoms with Crippen LogP contribution < -0.4 is 15.4 Å². The number of aromatic nitrogens is 4. The van der Waals surface area contributed by atoms with Gasteiger partial charge in [0.2, 0.25) is 10.0 Å². The van der Waals surface area contributed by atoms with Gasteiger partial charge in [-0.3, -0.25) is 0 Å². The van der Waals surface area contributed by atoms with Gasteiger partial charge >= 0.3 is 0 Å². The van der Waals surface area contributed by atoms with Gasteiger partial charge in [-0.15, -0.1) is 10.2 Å². The molecule has 0 bridgehead atoms.